The van der Waals surface area contributed by atoms with Crippen LogP contribution in [0.25, 0.3) is 0 Å². The summed E-state index contributed by atoms with van der Waals surface area (Å²) >= 11 is 0. The topological polar surface area (TPSA) is 114 Å². The summed E-state index contributed by atoms with van der Waals surface area (Å²) in [6.07, 6.45) is -0.470. The number of allylic oxidation sites excluding steroid dienone is 2. The van der Waals surface area contributed by atoms with Gasteiger partial charge in [-0.25, -0.2) is 4.98 Å². The zero-order valence-electron chi connectivity index (χ0n) is 13.8. The minimum Gasteiger partial charge on any atom is -0.394 e. The van der Waals surface area contributed by atoms with Gasteiger partial charge in [-0.1, -0.05) is 18.2 Å². The molecule has 0 spiro atoms. The summed E-state index contributed by atoms with van der Waals surface area (Å²) in [6.45, 7) is -0.251. The molecule has 0 radical (unpaired) electrons. The van der Waals surface area contributed by atoms with Crippen LogP contribution < -0.4 is 5.32 Å². The third-order valence-corrected chi connectivity index (χ3v) is 4.47. The first-order valence-electron chi connectivity index (χ1n) is 8.21. The molecule has 2 aliphatic rings. The summed E-state index contributed by atoms with van der Waals surface area (Å²) in [4.78, 5) is 29.7. The van der Waals surface area contributed by atoms with E-state index in [1.807, 2.05) is 18.2 Å². The Balaban J connectivity index is 1.66. The fourth-order valence-corrected chi connectivity index (χ4v) is 3.14. The molecule has 2 atom stereocenters. The van der Waals surface area contributed by atoms with E-state index in [1.54, 1.807) is 16.7 Å². The van der Waals surface area contributed by atoms with Gasteiger partial charge >= 0.3 is 0 Å². The lowest BCUT2D eigenvalue weighted by Crippen LogP contribution is -2.40. The second kappa shape index (κ2) is 6.49. The van der Waals surface area contributed by atoms with Gasteiger partial charge in [-0.3, -0.25) is 9.59 Å². The van der Waals surface area contributed by atoms with Gasteiger partial charge in [0.2, 0.25) is 11.6 Å². The minimum absolute atomic E-state index is 0.0523. The number of ether oxygens (including phenoxy) is 1. The highest BCUT2D eigenvalue weighted by Gasteiger charge is 2.36. The zero-order chi connectivity index (χ0) is 18.3. The number of hydrogen-bond donors (Lipinski definition) is 3. The monoisotopic (exact) mass is 355 g/mol. The summed E-state index contributed by atoms with van der Waals surface area (Å²) < 4.78 is 7.07. The standard InChI is InChI=1S/C18H17N3O5/c22-8-13(24)14-7-21-15(9-26-14)20-16-17(21)12(23)6-11(18(16)25)19-10-4-2-1-3-5-10/h1-6,13-14,19,22,24H,7-9H2/t13-,14+/m1/s1. The fourth-order valence-electron chi connectivity index (χ4n) is 3.14. The number of imidazole rings is 1. The van der Waals surface area contributed by atoms with Crippen molar-refractivity contribution >= 4 is 17.3 Å². The molecule has 4 rings (SSSR count). The van der Waals surface area contributed by atoms with Crippen molar-refractivity contribution in [3.8, 4) is 0 Å². The lowest BCUT2D eigenvalue weighted by atomic mass is 10.0. The smallest absolute Gasteiger partial charge is 0.230 e. The molecule has 0 bridgehead atoms. The summed E-state index contributed by atoms with van der Waals surface area (Å²) in [5.41, 5.74) is 1.13. The van der Waals surface area contributed by atoms with Crippen molar-refractivity contribution in [2.45, 2.75) is 25.4 Å². The molecule has 1 aliphatic heterocycles. The number of nitrogens with zero attached hydrogens (tertiary/aromatic N) is 2. The average molecular weight is 355 g/mol. The molecule has 0 amide bonds. The highest BCUT2D eigenvalue weighted by Crippen LogP contribution is 2.27. The molecule has 0 unspecified atom stereocenters. The van der Waals surface area contributed by atoms with Crippen LogP contribution in [0.4, 0.5) is 5.69 Å². The van der Waals surface area contributed by atoms with E-state index in [4.69, 9.17) is 9.84 Å². The summed E-state index contributed by atoms with van der Waals surface area (Å²) in [6, 6.07) is 9.08. The molecule has 1 aromatic carbocycles. The van der Waals surface area contributed by atoms with E-state index in [1.165, 1.54) is 6.08 Å². The van der Waals surface area contributed by atoms with Crippen LogP contribution >= 0.6 is 0 Å². The molecule has 1 aliphatic carbocycles. The molecule has 2 aromatic rings. The molecular formula is C18H17N3O5. The summed E-state index contributed by atoms with van der Waals surface area (Å²) in [7, 11) is 0. The molecule has 1 aromatic heterocycles. The predicted molar refractivity (Wildman–Crippen MR) is 90.7 cm³/mol. The van der Waals surface area contributed by atoms with Crippen LogP contribution in [0, 0.1) is 0 Å². The third kappa shape index (κ3) is 2.74. The van der Waals surface area contributed by atoms with Crippen LogP contribution in [0.3, 0.4) is 0 Å². The number of hydrogen-bond acceptors (Lipinski definition) is 7. The van der Waals surface area contributed by atoms with Gasteiger partial charge < -0.3 is 24.8 Å². The Hall–Kier alpha value is -2.81. The molecule has 134 valence electrons. The van der Waals surface area contributed by atoms with Crippen molar-refractivity contribution < 1.29 is 24.5 Å². The Morgan fingerprint density at radius 1 is 1.31 bits per heavy atom. The number of nitrogens with one attached hydrogen (secondary N) is 1. The molecule has 26 heavy (non-hydrogen) atoms. The zero-order valence-corrected chi connectivity index (χ0v) is 13.8. The van der Waals surface area contributed by atoms with Crippen molar-refractivity contribution in [3.05, 3.63) is 59.3 Å². The number of aliphatic hydroxyl groups is 2. The Labute approximate surface area is 148 Å². The van der Waals surface area contributed by atoms with Crippen LogP contribution in [0.2, 0.25) is 0 Å². The predicted octanol–water partition coefficient (Wildman–Crippen LogP) is 0.510. The molecule has 8 nitrogen and oxygen atoms in total. The average Bonchev–Trinajstić information content (AvgIpc) is 3.05. The summed E-state index contributed by atoms with van der Waals surface area (Å²) in [5.74, 6) is -0.256. The lowest BCUT2D eigenvalue weighted by Gasteiger charge is -2.28. The molecule has 0 saturated carbocycles. The Morgan fingerprint density at radius 2 is 2.08 bits per heavy atom. The first kappa shape index (κ1) is 16.6. The van der Waals surface area contributed by atoms with E-state index in [9.17, 15) is 14.7 Å². The van der Waals surface area contributed by atoms with E-state index in [0.717, 1.165) is 0 Å². The normalized spacial score (nSPS) is 20.2. The first-order valence-corrected chi connectivity index (χ1v) is 8.21. The number of fused-ring (bicyclic) bond motifs is 3. The van der Waals surface area contributed by atoms with Crippen molar-refractivity contribution in [1.82, 2.24) is 9.55 Å². The molecule has 8 heteroatoms. The number of anilines is 1. The number of carbonyl (C=O) groups is 2. The molecule has 0 saturated heterocycles. The number of benzene rings is 1. The third-order valence-electron chi connectivity index (χ3n) is 4.47. The number of carbonyl (C=O) groups excluding carboxylic acids is 2. The fraction of sp³-hybridized carbons (Fsp3) is 0.278. The van der Waals surface area contributed by atoms with Crippen molar-refractivity contribution in [2.75, 3.05) is 11.9 Å². The van der Waals surface area contributed by atoms with E-state index in [2.05, 4.69) is 10.3 Å². The van der Waals surface area contributed by atoms with E-state index >= 15 is 0 Å². The number of ketones is 2. The lowest BCUT2D eigenvalue weighted by molar-refractivity contribution is -0.0873. The maximum absolute atomic E-state index is 12.8. The second-order valence-corrected chi connectivity index (χ2v) is 6.18. The quantitative estimate of drug-likeness (QED) is 0.732. The Bertz CT molecular complexity index is 903. The minimum atomic E-state index is -1.07. The van der Waals surface area contributed by atoms with Gasteiger partial charge in [-0.2, -0.15) is 0 Å². The van der Waals surface area contributed by atoms with Crippen molar-refractivity contribution in [1.29, 1.82) is 0 Å². The van der Waals surface area contributed by atoms with Gasteiger partial charge in [-0.05, 0) is 12.1 Å². The van der Waals surface area contributed by atoms with Crippen LogP contribution in [0.15, 0.2) is 42.1 Å². The van der Waals surface area contributed by atoms with E-state index in [0.29, 0.717) is 11.5 Å². The van der Waals surface area contributed by atoms with Crippen LogP contribution in [-0.4, -0.2) is 50.1 Å². The maximum Gasteiger partial charge on any atom is 0.230 e. The van der Waals surface area contributed by atoms with Crippen LogP contribution in [0.1, 0.15) is 26.8 Å². The number of aromatic nitrogens is 2. The molecule has 3 N–H and O–H groups in total. The Morgan fingerprint density at radius 3 is 2.81 bits per heavy atom. The first-order chi connectivity index (χ1) is 12.6. The maximum atomic E-state index is 12.8. The molecular weight excluding hydrogens is 338 g/mol. The van der Waals surface area contributed by atoms with E-state index < -0.39 is 18.8 Å². The largest absolute Gasteiger partial charge is 0.394 e. The second-order valence-electron chi connectivity index (χ2n) is 6.18. The van der Waals surface area contributed by atoms with Gasteiger partial charge in [-0.15, -0.1) is 0 Å². The highest BCUT2D eigenvalue weighted by molar-refractivity contribution is 6.24. The number of Topliss-reactive ketones (excluding diaryl/α,β-unsaturated/α-hetero) is 1. The van der Waals surface area contributed by atoms with E-state index in [-0.39, 0.29) is 41.8 Å². The van der Waals surface area contributed by atoms with Gasteiger partial charge in [0.1, 0.15) is 36.0 Å². The SMILES string of the molecule is O=C1C(Nc2ccccc2)=CC(=O)c2c1nc1n2C[C@@H]([C@H](O)CO)OC1. The summed E-state index contributed by atoms with van der Waals surface area (Å²) in [5, 5.41) is 21.8. The molecule has 0 fully saturated rings. The van der Waals surface area contributed by atoms with Crippen LogP contribution in [-0.2, 0) is 17.9 Å². The number of aliphatic hydroxyl groups excluding tert-OH is 2. The van der Waals surface area contributed by atoms with Crippen LogP contribution in [0.5, 0.6) is 0 Å². The van der Waals surface area contributed by atoms with Crippen molar-refractivity contribution in [2.24, 2.45) is 0 Å². The van der Waals surface area contributed by atoms with Gasteiger partial charge in [0.05, 0.1) is 18.8 Å². The number of rotatable bonds is 4. The molecule has 2 heterocycles. The van der Waals surface area contributed by atoms with Crippen molar-refractivity contribution in [3.63, 3.8) is 0 Å². The number of para-hydroxylation sites is 1. The van der Waals surface area contributed by atoms with Gasteiger partial charge in [0.25, 0.3) is 0 Å². The highest BCUT2D eigenvalue weighted by atomic mass is 16.5. The van der Waals surface area contributed by atoms with Gasteiger partial charge in [0, 0.05) is 11.8 Å². The Kier molecular flexibility index (Phi) is 4.15. The van der Waals surface area contributed by atoms with Gasteiger partial charge in [0.15, 0.2) is 0 Å².